The fourth-order valence-corrected chi connectivity index (χ4v) is 1.78. The van der Waals surface area contributed by atoms with Crippen LogP contribution in [-0.2, 0) is 13.5 Å². The number of nitrogens with one attached hydrogen (secondary N) is 1. The lowest BCUT2D eigenvalue weighted by atomic mass is 10.3. The minimum absolute atomic E-state index is 0.453. The second-order valence-electron chi connectivity index (χ2n) is 3.97. The molecule has 2 aromatic heterocycles. The molecular formula is C11H12N4O4. The van der Waals surface area contributed by atoms with Crippen molar-refractivity contribution in [1.29, 1.82) is 0 Å². The SMILES string of the molecule is CCc1nn(C)cc1-n1cc(C(=O)O)c(=O)[nH]c1=O. The van der Waals surface area contributed by atoms with Gasteiger partial charge >= 0.3 is 11.7 Å². The number of hydrogen-bond acceptors (Lipinski definition) is 4. The number of hydrogen-bond donors (Lipinski definition) is 2. The van der Waals surface area contributed by atoms with Gasteiger partial charge in [0.1, 0.15) is 5.56 Å². The molecule has 8 nitrogen and oxygen atoms in total. The van der Waals surface area contributed by atoms with Crippen molar-refractivity contribution in [2.75, 3.05) is 0 Å². The van der Waals surface area contributed by atoms with Crippen molar-refractivity contribution in [2.45, 2.75) is 13.3 Å². The van der Waals surface area contributed by atoms with Crippen molar-refractivity contribution in [1.82, 2.24) is 19.3 Å². The van der Waals surface area contributed by atoms with Crippen molar-refractivity contribution < 1.29 is 9.90 Å². The quantitative estimate of drug-likeness (QED) is 0.778. The van der Waals surface area contributed by atoms with Gasteiger partial charge in [0.25, 0.3) is 5.56 Å². The van der Waals surface area contributed by atoms with E-state index in [1.807, 2.05) is 11.9 Å². The standard InChI is InChI=1S/C11H12N4O4/c1-3-7-8(5-14(2)13-7)15-4-6(10(17)18)9(16)12-11(15)19/h4-5H,3H2,1-2H3,(H,17,18)(H,12,16,19). The molecule has 19 heavy (non-hydrogen) atoms. The number of H-pyrrole nitrogens is 1. The summed E-state index contributed by atoms with van der Waals surface area (Å²) >= 11 is 0. The average molecular weight is 264 g/mol. The molecule has 0 aromatic carbocycles. The maximum Gasteiger partial charge on any atom is 0.342 e. The molecule has 0 saturated carbocycles. The van der Waals surface area contributed by atoms with E-state index in [0.717, 1.165) is 10.8 Å². The van der Waals surface area contributed by atoms with Gasteiger partial charge in [0.05, 0.1) is 11.4 Å². The largest absolute Gasteiger partial charge is 0.477 e. The van der Waals surface area contributed by atoms with Crippen molar-refractivity contribution in [3.8, 4) is 5.69 Å². The second-order valence-corrected chi connectivity index (χ2v) is 3.97. The Balaban J connectivity index is 2.75. The van der Waals surface area contributed by atoms with Gasteiger partial charge < -0.3 is 5.11 Å². The van der Waals surface area contributed by atoms with E-state index < -0.39 is 22.8 Å². The minimum atomic E-state index is -1.39. The topological polar surface area (TPSA) is 110 Å². The summed E-state index contributed by atoms with van der Waals surface area (Å²) in [7, 11) is 1.69. The van der Waals surface area contributed by atoms with Crippen LogP contribution in [0.3, 0.4) is 0 Å². The first kappa shape index (κ1) is 12.8. The van der Waals surface area contributed by atoms with Crippen LogP contribution in [0.2, 0.25) is 0 Å². The fourth-order valence-electron chi connectivity index (χ4n) is 1.78. The molecule has 8 heteroatoms. The monoisotopic (exact) mass is 264 g/mol. The van der Waals surface area contributed by atoms with Gasteiger partial charge in [-0.05, 0) is 6.42 Å². The molecular weight excluding hydrogens is 252 g/mol. The van der Waals surface area contributed by atoms with E-state index in [2.05, 4.69) is 5.10 Å². The summed E-state index contributed by atoms with van der Waals surface area (Å²) in [6.07, 6.45) is 3.17. The number of aromatic amines is 1. The number of aromatic carboxylic acids is 1. The van der Waals surface area contributed by atoms with Gasteiger partial charge in [-0.2, -0.15) is 5.10 Å². The lowest BCUT2D eigenvalue weighted by Crippen LogP contribution is -2.32. The van der Waals surface area contributed by atoms with Crippen LogP contribution >= 0.6 is 0 Å². The first-order valence-electron chi connectivity index (χ1n) is 5.56. The van der Waals surface area contributed by atoms with Crippen molar-refractivity contribution in [2.24, 2.45) is 7.05 Å². The summed E-state index contributed by atoms with van der Waals surface area (Å²) in [5.74, 6) is -1.39. The van der Waals surface area contributed by atoms with Crippen molar-refractivity contribution >= 4 is 5.97 Å². The highest BCUT2D eigenvalue weighted by Gasteiger charge is 2.15. The summed E-state index contributed by atoms with van der Waals surface area (Å²) in [5.41, 5.74) is -1.03. The Morgan fingerprint density at radius 3 is 2.68 bits per heavy atom. The highest BCUT2D eigenvalue weighted by atomic mass is 16.4. The molecule has 0 amide bonds. The van der Waals surface area contributed by atoms with Gasteiger partial charge in [0.2, 0.25) is 0 Å². The minimum Gasteiger partial charge on any atom is -0.477 e. The number of aryl methyl sites for hydroxylation is 2. The van der Waals surface area contributed by atoms with Crippen LogP contribution in [0, 0.1) is 0 Å². The van der Waals surface area contributed by atoms with Crippen molar-refractivity contribution in [3.05, 3.63) is 44.5 Å². The number of aromatic nitrogens is 4. The molecule has 0 saturated heterocycles. The van der Waals surface area contributed by atoms with Crippen LogP contribution in [0.15, 0.2) is 22.0 Å². The lowest BCUT2D eigenvalue weighted by molar-refractivity contribution is 0.0694. The lowest BCUT2D eigenvalue weighted by Gasteiger charge is -2.04. The Bertz CT molecular complexity index is 753. The predicted molar refractivity (Wildman–Crippen MR) is 65.8 cm³/mol. The van der Waals surface area contributed by atoms with E-state index in [0.29, 0.717) is 17.8 Å². The van der Waals surface area contributed by atoms with Crippen LogP contribution in [0.25, 0.3) is 5.69 Å². The van der Waals surface area contributed by atoms with E-state index >= 15 is 0 Å². The molecule has 0 atom stereocenters. The Kier molecular flexibility index (Phi) is 3.07. The van der Waals surface area contributed by atoms with Crippen LogP contribution in [0.4, 0.5) is 0 Å². The molecule has 0 spiro atoms. The van der Waals surface area contributed by atoms with Crippen LogP contribution < -0.4 is 11.2 Å². The molecule has 0 aliphatic carbocycles. The summed E-state index contributed by atoms with van der Waals surface area (Å²) in [6, 6.07) is 0. The van der Waals surface area contributed by atoms with Gasteiger partial charge in [0.15, 0.2) is 0 Å². The highest BCUT2D eigenvalue weighted by molar-refractivity contribution is 5.86. The third-order valence-corrected chi connectivity index (χ3v) is 2.65. The summed E-state index contributed by atoms with van der Waals surface area (Å²) in [5, 5.41) is 13.1. The van der Waals surface area contributed by atoms with E-state index in [1.165, 1.54) is 4.68 Å². The Hall–Kier alpha value is -2.64. The molecule has 2 aromatic rings. The molecule has 2 N–H and O–H groups in total. The third kappa shape index (κ3) is 2.19. The summed E-state index contributed by atoms with van der Waals surface area (Å²) in [6.45, 7) is 1.86. The molecule has 0 bridgehead atoms. The number of rotatable bonds is 3. The molecule has 0 aliphatic rings. The van der Waals surface area contributed by atoms with Gasteiger partial charge in [0, 0.05) is 19.4 Å². The molecule has 2 heterocycles. The van der Waals surface area contributed by atoms with Crippen molar-refractivity contribution in [3.63, 3.8) is 0 Å². The first-order valence-corrected chi connectivity index (χ1v) is 5.56. The average Bonchev–Trinajstić information content (AvgIpc) is 2.69. The predicted octanol–water partition coefficient (Wildman–Crippen LogP) is -0.480. The zero-order valence-electron chi connectivity index (χ0n) is 10.4. The summed E-state index contributed by atoms with van der Waals surface area (Å²) in [4.78, 5) is 36.0. The molecule has 2 rings (SSSR count). The number of nitrogens with zero attached hydrogens (tertiary/aromatic N) is 3. The molecule has 0 fully saturated rings. The van der Waals surface area contributed by atoms with Gasteiger partial charge in [-0.1, -0.05) is 6.92 Å². The van der Waals surface area contributed by atoms with E-state index in [4.69, 9.17) is 5.11 Å². The maximum atomic E-state index is 11.8. The van der Waals surface area contributed by atoms with E-state index in [1.54, 1.807) is 13.2 Å². The zero-order chi connectivity index (χ0) is 14.2. The molecule has 0 radical (unpaired) electrons. The molecule has 0 aliphatic heterocycles. The van der Waals surface area contributed by atoms with E-state index in [9.17, 15) is 14.4 Å². The smallest absolute Gasteiger partial charge is 0.342 e. The number of carboxylic acids is 1. The van der Waals surface area contributed by atoms with Crippen LogP contribution in [0.5, 0.6) is 0 Å². The highest BCUT2D eigenvalue weighted by Crippen LogP contribution is 2.11. The maximum absolute atomic E-state index is 11.8. The molecule has 0 unspecified atom stereocenters. The first-order chi connectivity index (χ1) is 8.93. The van der Waals surface area contributed by atoms with Crippen LogP contribution in [-0.4, -0.2) is 30.4 Å². The third-order valence-electron chi connectivity index (χ3n) is 2.65. The second kappa shape index (κ2) is 4.56. The van der Waals surface area contributed by atoms with Gasteiger partial charge in [-0.15, -0.1) is 0 Å². The van der Waals surface area contributed by atoms with Crippen LogP contribution in [0.1, 0.15) is 23.0 Å². The Morgan fingerprint density at radius 1 is 1.42 bits per heavy atom. The Labute approximate surface area is 106 Å². The normalized spacial score (nSPS) is 10.6. The zero-order valence-corrected chi connectivity index (χ0v) is 10.4. The van der Waals surface area contributed by atoms with Gasteiger partial charge in [-0.3, -0.25) is 19.0 Å². The van der Waals surface area contributed by atoms with Gasteiger partial charge in [-0.25, -0.2) is 9.59 Å². The summed E-state index contributed by atoms with van der Waals surface area (Å²) < 4.78 is 2.60. The Morgan fingerprint density at radius 2 is 2.11 bits per heavy atom. The van der Waals surface area contributed by atoms with E-state index in [-0.39, 0.29) is 0 Å². The number of carbonyl (C=O) groups is 1. The number of carboxylic acid groups (broad SMARTS) is 1. The molecule has 100 valence electrons. The fraction of sp³-hybridized carbons (Fsp3) is 0.273.